The van der Waals surface area contributed by atoms with Crippen LogP contribution in [0.25, 0.3) is 0 Å². The van der Waals surface area contributed by atoms with E-state index in [4.69, 9.17) is 24.4 Å². The number of carbonyl (C=O) groups excluding carboxylic acids is 1. The van der Waals surface area contributed by atoms with Crippen LogP contribution in [0.4, 0.5) is 0 Å². The number of thioether (sulfide) groups is 1. The Morgan fingerprint density at radius 3 is 2.43 bits per heavy atom. The summed E-state index contributed by atoms with van der Waals surface area (Å²) in [6.45, 7) is 0. The molecule has 23 heavy (non-hydrogen) atoms. The maximum Gasteiger partial charge on any atom is 0.292 e. The van der Waals surface area contributed by atoms with E-state index in [1.165, 1.54) is 26.2 Å². The van der Waals surface area contributed by atoms with Gasteiger partial charge in [0.15, 0.2) is 11.5 Å². The fourth-order valence-corrected chi connectivity index (χ4v) is 4.08. The van der Waals surface area contributed by atoms with Crippen LogP contribution in [0.15, 0.2) is 12.1 Å². The molecular weight excluding hydrogens is 320 g/mol. The molecule has 7 nitrogen and oxygen atoms in total. The zero-order valence-corrected chi connectivity index (χ0v) is 13.9. The summed E-state index contributed by atoms with van der Waals surface area (Å²) in [6, 6.07) is 2.98. The maximum atomic E-state index is 12.9. The van der Waals surface area contributed by atoms with Gasteiger partial charge in [0, 0.05) is 17.1 Å². The van der Waals surface area contributed by atoms with Crippen LogP contribution in [0.3, 0.4) is 0 Å². The van der Waals surface area contributed by atoms with Crippen molar-refractivity contribution in [2.45, 2.75) is 12.1 Å². The van der Waals surface area contributed by atoms with Gasteiger partial charge in [-0.2, -0.15) is 11.8 Å². The van der Waals surface area contributed by atoms with Crippen LogP contribution in [0.5, 0.6) is 17.2 Å². The summed E-state index contributed by atoms with van der Waals surface area (Å²) in [7, 11) is 4.50. The smallest absolute Gasteiger partial charge is 0.292 e. The van der Waals surface area contributed by atoms with E-state index in [1.807, 2.05) is 0 Å². The third-order valence-electron chi connectivity index (χ3n) is 3.94. The van der Waals surface area contributed by atoms with Gasteiger partial charge < -0.3 is 18.9 Å². The summed E-state index contributed by atoms with van der Waals surface area (Å²) in [5.41, 5.74) is 0.366. The predicted molar refractivity (Wildman–Crippen MR) is 86.0 cm³/mol. The van der Waals surface area contributed by atoms with Gasteiger partial charge in [0.1, 0.15) is 6.10 Å². The van der Waals surface area contributed by atoms with Crippen molar-refractivity contribution in [2.75, 3.05) is 32.8 Å². The fraction of sp³-hybridized carbons (Fsp3) is 0.467. The second-order valence-corrected chi connectivity index (χ2v) is 6.23. The molecule has 8 heteroatoms. The van der Waals surface area contributed by atoms with Crippen LogP contribution < -0.4 is 14.2 Å². The van der Waals surface area contributed by atoms with Crippen molar-refractivity contribution in [3.05, 3.63) is 17.7 Å². The molecule has 2 heterocycles. The molecule has 1 aromatic carbocycles. The normalized spacial score (nSPS) is 22.6. The molecule has 0 aromatic heterocycles. The van der Waals surface area contributed by atoms with Crippen LogP contribution in [-0.2, 0) is 4.74 Å². The minimum Gasteiger partial charge on any atom is -0.493 e. The summed E-state index contributed by atoms with van der Waals surface area (Å²) in [6.07, 6.45) is -0.0986. The predicted octanol–water partition coefficient (Wildman–Crippen LogP) is 1.60. The first-order valence-electron chi connectivity index (χ1n) is 7.07. The molecule has 0 saturated carbocycles. The monoisotopic (exact) mass is 338 g/mol. The zero-order valence-electron chi connectivity index (χ0n) is 13.1. The quantitative estimate of drug-likeness (QED) is 0.898. The SMILES string of the molecule is COc1cc(C(=O)N2C(=N)O[C@@H]3CSC[C@H]32)cc(OC)c1OC. The Kier molecular flexibility index (Phi) is 4.25. The molecule has 2 fully saturated rings. The second kappa shape index (κ2) is 6.19. The van der Waals surface area contributed by atoms with Crippen LogP contribution in [-0.4, -0.2) is 61.8 Å². The fourth-order valence-electron chi connectivity index (χ4n) is 2.81. The number of amidine groups is 1. The van der Waals surface area contributed by atoms with Crippen molar-refractivity contribution < 1.29 is 23.7 Å². The number of benzene rings is 1. The first-order chi connectivity index (χ1) is 11.1. The Morgan fingerprint density at radius 1 is 1.22 bits per heavy atom. The molecule has 3 rings (SSSR count). The van der Waals surface area contributed by atoms with Crippen LogP contribution in [0, 0.1) is 5.41 Å². The summed E-state index contributed by atoms with van der Waals surface area (Å²) < 4.78 is 21.3. The van der Waals surface area contributed by atoms with Crippen molar-refractivity contribution in [3.8, 4) is 17.2 Å². The molecule has 2 atom stereocenters. The van der Waals surface area contributed by atoms with E-state index in [2.05, 4.69) is 0 Å². The Hall–Kier alpha value is -2.09. The molecular formula is C15H18N2O5S. The van der Waals surface area contributed by atoms with Gasteiger partial charge in [0.25, 0.3) is 11.9 Å². The van der Waals surface area contributed by atoms with Crippen molar-refractivity contribution in [1.82, 2.24) is 4.90 Å². The molecule has 2 saturated heterocycles. The molecule has 2 aliphatic rings. The number of nitrogens with zero attached hydrogens (tertiary/aromatic N) is 1. The lowest BCUT2D eigenvalue weighted by Crippen LogP contribution is -2.41. The molecule has 0 aliphatic carbocycles. The second-order valence-electron chi connectivity index (χ2n) is 5.16. The summed E-state index contributed by atoms with van der Waals surface area (Å²) >= 11 is 1.72. The van der Waals surface area contributed by atoms with E-state index in [0.29, 0.717) is 22.8 Å². The Morgan fingerprint density at radius 2 is 1.87 bits per heavy atom. The van der Waals surface area contributed by atoms with E-state index in [1.54, 1.807) is 23.9 Å². The molecule has 0 spiro atoms. The summed E-state index contributed by atoms with van der Waals surface area (Å²) in [5, 5.41) is 7.95. The lowest BCUT2D eigenvalue weighted by Gasteiger charge is -2.20. The Balaban J connectivity index is 1.97. The molecule has 0 unspecified atom stereocenters. The number of fused-ring (bicyclic) bond motifs is 1. The highest BCUT2D eigenvalue weighted by Crippen LogP contribution is 2.39. The Bertz CT molecular complexity index is 626. The highest BCUT2D eigenvalue weighted by Gasteiger charge is 2.46. The average molecular weight is 338 g/mol. The third-order valence-corrected chi connectivity index (χ3v) is 5.09. The van der Waals surface area contributed by atoms with Crippen LogP contribution in [0.2, 0.25) is 0 Å². The third kappa shape index (κ3) is 2.56. The van der Waals surface area contributed by atoms with Gasteiger partial charge in [-0.3, -0.25) is 15.1 Å². The lowest BCUT2D eigenvalue weighted by molar-refractivity contribution is 0.0822. The maximum absolute atomic E-state index is 12.9. The van der Waals surface area contributed by atoms with Crippen LogP contribution in [0.1, 0.15) is 10.4 Å². The molecule has 124 valence electrons. The summed E-state index contributed by atoms with van der Waals surface area (Å²) in [5.74, 6) is 2.49. The van der Waals surface area contributed by atoms with E-state index >= 15 is 0 Å². The summed E-state index contributed by atoms with van der Waals surface area (Å²) in [4.78, 5) is 14.3. The van der Waals surface area contributed by atoms with E-state index < -0.39 is 0 Å². The minimum absolute atomic E-state index is 0.0981. The molecule has 1 N–H and O–H groups in total. The topological polar surface area (TPSA) is 81.1 Å². The lowest BCUT2D eigenvalue weighted by atomic mass is 10.1. The zero-order chi connectivity index (χ0) is 16.6. The van der Waals surface area contributed by atoms with Gasteiger partial charge in [0.2, 0.25) is 5.75 Å². The number of methoxy groups -OCH3 is 3. The molecule has 1 aromatic rings. The van der Waals surface area contributed by atoms with Crippen molar-refractivity contribution in [3.63, 3.8) is 0 Å². The van der Waals surface area contributed by atoms with Gasteiger partial charge >= 0.3 is 0 Å². The highest BCUT2D eigenvalue weighted by atomic mass is 32.2. The number of amides is 1. The number of ether oxygens (including phenoxy) is 4. The minimum atomic E-state index is -0.302. The number of rotatable bonds is 4. The van der Waals surface area contributed by atoms with Gasteiger partial charge in [-0.1, -0.05) is 0 Å². The van der Waals surface area contributed by atoms with Gasteiger partial charge in [0.05, 0.1) is 27.4 Å². The largest absolute Gasteiger partial charge is 0.493 e. The Labute approximate surface area is 138 Å². The van der Waals surface area contributed by atoms with Gasteiger partial charge in [-0.05, 0) is 12.1 Å². The van der Waals surface area contributed by atoms with E-state index in [9.17, 15) is 4.79 Å². The number of hydrogen-bond donors (Lipinski definition) is 1. The molecule has 0 bridgehead atoms. The van der Waals surface area contributed by atoms with Gasteiger partial charge in [-0.25, -0.2) is 0 Å². The standard InChI is InChI=1S/C15H18N2O5S/c1-19-10-4-8(5-11(20-2)13(10)21-3)14(18)17-9-6-23-7-12(9)22-15(17)16/h4-5,9,12,16H,6-7H2,1-3H3/t9-,12-/m1/s1. The first kappa shape index (κ1) is 15.8. The molecule has 2 aliphatic heterocycles. The number of carbonyl (C=O) groups is 1. The number of nitrogens with one attached hydrogen (secondary N) is 1. The first-order valence-corrected chi connectivity index (χ1v) is 8.22. The molecule has 1 amide bonds. The van der Waals surface area contributed by atoms with Gasteiger partial charge in [-0.15, -0.1) is 0 Å². The van der Waals surface area contributed by atoms with E-state index in [-0.39, 0.29) is 24.1 Å². The van der Waals surface area contributed by atoms with Crippen molar-refractivity contribution in [1.29, 1.82) is 5.41 Å². The van der Waals surface area contributed by atoms with Crippen molar-refractivity contribution >= 4 is 23.7 Å². The van der Waals surface area contributed by atoms with Crippen molar-refractivity contribution in [2.24, 2.45) is 0 Å². The molecule has 0 radical (unpaired) electrons. The number of hydrogen-bond acceptors (Lipinski definition) is 7. The van der Waals surface area contributed by atoms with Crippen LogP contribution >= 0.6 is 11.8 Å². The van der Waals surface area contributed by atoms with E-state index in [0.717, 1.165) is 11.5 Å². The average Bonchev–Trinajstić information content (AvgIpc) is 3.12. The highest BCUT2D eigenvalue weighted by molar-refractivity contribution is 7.99.